The Bertz CT molecular complexity index is 423. The number of carbonyl (C=O) groups excluding carboxylic acids is 1. The Morgan fingerprint density at radius 2 is 1.79 bits per heavy atom. The second-order valence-corrected chi connectivity index (χ2v) is 4.94. The Balaban J connectivity index is 0.00000324. The Morgan fingerprint density at radius 3 is 2.21 bits per heavy atom. The van der Waals surface area contributed by atoms with Gasteiger partial charge in [-0.3, -0.25) is 4.79 Å². The lowest BCUT2D eigenvalue weighted by molar-refractivity contribution is 0.0888. The van der Waals surface area contributed by atoms with E-state index < -0.39 is 0 Å². The van der Waals surface area contributed by atoms with Gasteiger partial charge >= 0.3 is 0 Å². The number of hydrogen-bond donors (Lipinski definition) is 2. The fraction of sp³-hybridized carbons (Fsp3) is 0.500. The number of rotatable bonds is 5. The van der Waals surface area contributed by atoms with Gasteiger partial charge in [-0.05, 0) is 37.5 Å². The molecular weight excluding hydrogens is 283 g/mol. The fourth-order valence-electron chi connectivity index (χ4n) is 2.04. The predicted octanol–water partition coefficient (Wildman–Crippen LogP) is 4.04. The third-order valence-electron chi connectivity index (χ3n) is 3.65. The average molecular weight is 305 g/mol. The first-order chi connectivity index (χ1) is 8.48. The number of nitrogens with one attached hydrogen (secondary N) is 1. The lowest BCUT2D eigenvalue weighted by Crippen LogP contribution is -2.47. The third-order valence-corrected chi connectivity index (χ3v) is 3.96. The van der Waals surface area contributed by atoms with Crippen LogP contribution >= 0.6 is 24.0 Å². The second-order valence-electron chi connectivity index (χ2n) is 4.53. The van der Waals surface area contributed by atoms with Crippen molar-refractivity contribution in [2.24, 2.45) is 0 Å². The zero-order valence-electron chi connectivity index (χ0n) is 11.6. The van der Waals surface area contributed by atoms with E-state index in [4.69, 9.17) is 17.3 Å². The van der Waals surface area contributed by atoms with E-state index in [2.05, 4.69) is 26.1 Å². The first-order valence-electron chi connectivity index (χ1n) is 6.35. The van der Waals surface area contributed by atoms with Crippen LogP contribution in [0.25, 0.3) is 0 Å². The molecule has 0 aromatic heterocycles. The average Bonchev–Trinajstić information content (AvgIpc) is 2.36. The highest BCUT2D eigenvalue weighted by Crippen LogP contribution is 2.23. The van der Waals surface area contributed by atoms with Gasteiger partial charge in [0.05, 0.1) is 10.6 Å². The number of halogens is 2. The second kappa shape index (κ2) is 7.61. The van der Waals surface area contributed by atoms with Gasteiger partial charge in [-0.25, -0.2) is 0 Å². The molecule has 0 aliphatic carbocycles. The van der Waals surface area contributed by atoms with Crippen molar-refractivity contribution >= 4 is 35.6 Å². The minimum Gasteiger partial charge on any atom is -0.399 e. The van der Waals surface area contributed by atoms with Crippen molar-refractivity contribution in [1.29, 1.82) is 0 Å². The van der Waals surface area contributed by atoms with Crippen molar-refractivity contribution in [2.75, 3.05) is 5.73 Å². The molecule has 3 N–H and O–H groups in total. The Kier molecular flexibility index (Phi) is 7.24. The van der Waals surface area contributed by atoms with E-state index in [-0.39, 0.29) is 23.9 Å². The van der Waals surface area contributed by atoms with Crippen molar-refractivity contribution in [3.63, 3.8) is 0 Å². The molecule has 3 nitrogen and oxygen atoms in total. The number of nitrogens with two attached hydrogens (primary N) is 1. The van der Waals surface area contributed by atoms with Gasteiger partial charge in [0.1, 0.15) is 0 Å². The molecule has 0 unspecified atom stereocenters. The summed E-state index contributed by atoms with van der Waals surface area (Å²) in [5.41, 5.74) is 6.50. The van der Waals surface area contributed by atoms with Gasteiger partial charge in [-0.1, -0.05) is 32.4 Å². The zero-order chi connectivity index (χ0) is 13.8. The van der Waals surface area contributed by atoms with E-state index in [9.17, 15) is 4.79 Å². The highest BCUT2D eigenvalue weighted by Gasteiger charge is 2.26. The van der Waals surface area contributed by atoms with E-state index in [1.165, 1.54) is 0 Å². The SMILES string of the molecule is CCC(CC)(CC)NC(=O)c1ccc(N)cc1Cl.Cl. The summed E-state index contributed by atoms with van der Waals surface area (Å²) in [6.07, 6.45) is 2.70. The molecule has 0 atom stereocenters. The van der Waals surface area contributed by atoms with Gasteiger partial charge < -0.3 is 11.1 Å². The van der Waals surface area contributed by atoms with Crippen LogP contribution in [0.15, 0.2) is 18.2 Å². The van der Waals surface area contributed by atoms with E-state index >= 15 is 0 Å². The highest BCUT2D eigenvalue weighted by atomic mass is 35.5. The Hall–Kier alpha value is -0.930. The molecule has 0 saturated carbocycles. The summed E-state index contributed by atoms with van der Waals surface area (Å²) in [5.74, 6) is -0.134. The number of amides is 1. The molecule has 0 saturated heterocycles. The largest absolute Gasteiger partial charge is 0.399 e. The minimum absolute atomic E-state index is 0. The van der Waals surface area contributed by atoms with Crippen molar-refractivity contribution in [3.05, 3.63) is 28.8 Å². The lowest BCUT2D eigenvalue weighted by Gasteiger charge is -2.32. The first-order valence-corrected chi connectivity index (χ1v) is 6.73. The molecule has 108 valence electrons. The number of hydrogen-bond acceptors (Lipinski definition) is 2. The third kappa shape index (κ3) is 4.29. The van der Waals surface area contributed by atoms with Gasteiger partial charge in [0.25, 0.3) is 5.91 Å². The normalized spacial score (nSPS) is 10.7. The summed E-state index contributed by atoms with van der Waals surface area (Å²) < 4.78 is 0. The molecule has 19 heavy (non-hydrogen) atoms. The molecule has 1 rings (SSSR count). The lowest BCUT2D eigenvalue weighted by atomic mass is 9.89. The van der Waals surface area contributed by atoms with Crippen LogP contribution < -0.4 is 11.1 Å². The van der Waals surface area contributed by atoms with Crippen molar-refractivity contribution in [2.45, 2.75) is 45.6 Å². The van der Waals surface area contributed by atoms with Crippen LogP contribution in [-0.2, 0) is 0 Å². The maximum absolute atomic E-state index is 12.2. The van der Waals surface area contributed by atoms with Crippen LogP contribution in [-0.4, -0.2) is 11.4 Å². The summed E-state index contributed by atoms with van der Waals surface area (Å²) in [5, 5.41) is 3.49. The summed E-state index contributed by atoms with van der Waals surface area (Å²) in [4.78, 5) is 12.2. The molecule has 0 aliphatic heterocycles. The van der Waals surface area contributed by atoms with Crippen LogP contribution in [0.4, 0.5) is 5.69 Å². The molecule has 0 fully saturated rings. The fourth-order valence-corrected chi connectivity index (χ4v) is 2.31. The van der Waals surface area contributed by atoms with Crippen LogP contribution in [0.1, 0.15) is 50.4 Å². The summed E-state index contributed by atoms with van der Waals surface area (Å²) in [7, 11) is 0. The molecule has 0 heterocycles. The summed E-state index contributed by atoms with van der Waals surface area (Å²) in [6, 6.07) is 4.95. The molecule has 1 amide bonds. The van der Waals surface area contributed by atoms with E-state index in [1.54, 1.807) is 18.2 Å². The first kappa shape index (κ1) is 18.1. The van der Waals surface area contributed by atoms with Gasteiger partial charge in [-0.2, -0.15) is 0 Å². The van der Waals surface area contributed by atoms with Crippen molar-refractivity contribution in [1.82, 2.24) is 5.32 Å². The van der Waals surface area contributed by atoms with E-state index in [0.717, 1.165) is 19.3 Å². The standard InChI is InChI=1S/C14H21ClN2O.ClH/c1-4-14(5-2,6-3)17-13(18)11-8-7-10(16)9-12(11)15;/h7-9H,4-6,16H2,1-3H3,(H,17,18);1H. The monoisotopic (exact) mass is 304 g/mol. The molecule has 1 aromatic carbocycles. The Morgan fingerprint density at radius 1 is 1.26 bits per heavy atom. The van der Waals surface area contributed by atoms with Gasteiger partial charge in [-0.15, -0.1) is 12.4 Å². The minimum atomic E-state index is -0.151. The van der Waals surface area contributed by atoms with Crippen molar-refractivity contribution in [3.8, 4) is 0 Å². The number of nitrogen functional groups attached to an aromatic ring is 1. The summed E-state index contributed by atoms with van der Waals surface area (Å²) in [6.45, 7) is 6.24. The Labute approximate surface area is 126 Å². The number of benzene rings is 1. The molecule has 0 spiro atoms. The molecule has 0 radical (unpaired) electrons. The predicted molar refractivity (Wildman–Crippen MR) is 84.2 cm³/mol. The van der Waals surface area contributed by atoms with Gasteiger partial charge in [0, 0.05) is 11.2 Å². The highest BCUT2D eigenvalue weighted by molar-refractivity contribution is 6.34. The maximum atomic E-state index is 12.2. The van der Waals surface area contributed by atoms with Crippen LogP contribution in [0, 0.1) is 0 Å². The van der Waals surface area contributed by atoms with Crippen LogP contribution in [0.3, 0.4) is 0 Å². The smallest absolute Gasteiger partial charge is 0.253 e. The van der Waals surface area contributed by atoms with Gasteiger partial charge in [0.2, 0.25) is 0 Å². The quantitative estimate of drug-likeness (QED) is 0.807. The zero-order valence-corrected chi connectivity index (χ0v) is 13.2. The molecular formula is C14H22Cl2N2O. The molecule has 5 heteroatoms. The van der Waals surface area contributed by atoms with Gasteiger partial charge in [0.15, 0.2) is 0 Å². The topological polar surface area (TPSA) is 55.1 Å². The molecule has 0 bridgehead atoms. The molecule has 0 aliphatic rings. The number of anilines is 1. The summed E-state index contributed by atoms with van der Waals surface area (Å²) >= 11 is 6.04. The number of carbonyl (C=O) groups is 1. The van der Waals surface area contributed by atoms with Crippen molar-refractivity contribution < 1.29 is 4.79 Å². The molecule has 1 aromatic rings. The van der Waals surface area contributed by atoms with Crippen LogP contribution in [0.5, 0.6) is 0 Å². The maximum Gasteiger partial charge on any atom is 0.253 e. The van der Waals surface area contributed by atoms with E-state index in [0.29, 0.717) is 16.3 Å². The van der Waals surface area contributed by atoms with E-state index in [1.807, 2.05) is 0 Å². The van der Waals surface area contributed by atoms with Crippen LogP contribution in [0.2, 0.25) is 5.02 Å².